The van der Waals surface area contributed by atoms with Gasteiger partial charge in [0.2, 0.25) is 0 Å². The number of benzene rings is 1. The number of rotatable bonds is 2. The Morgan fingerprint density at radius 1 is 1.40 bits per heavy atom. The SMILES string of the molecule is O=Nc1ccccc1NP. The third kappa shape index (κ3) is 1.31. The second-order valence-corrected chi connectivity index (χ2v) is 2.04. The molecule has 0 amide bonds. The van der Waals surface area contributed by atoms with Crippen LogP contribution in [0.1, 0.15) is 0 Å². The van der Waals surface area contributed by atoms with Gasteiger partial charge in [0.25, 0.3) is 0 Å². The van der Waals surface area contributed by atoms with Crippen molar-refractivity contribution in [2.24, 2.45) is 5.18 Å². The molecule has 0 saturated carbocycles. The summed E-state index contributed by atoms with van der Waals surface area (Å²) in [6.45, 7) is 0. The summed E-state index contributed by atoms with van der Waals surface area (Å²) in [7, 11) is 2.31. The fourth-order valence-corrected chi connectivity index (χ4v) is 0.919. The summed E-state index contributed by atoms with van der Waals surface area (Å²) in [5, 5.41) is 5.58. The molecule has 1 aromatic carbocycles. The number of anilines is 1. The molecule has 1 unspecified atom stereocenters. The van der Waals surface area contributed by atoms with Crippen molar-refractivity contribution >= 4 is 20.8 Å². The Kier molecular flexibility index (Phi) is 2.35. The average Bonchev–Trinajstić information content (AvgIpc) is 2.04. The first-order chi connectivity index (χ1) is 4.88. The molecular formula is C6H7N2OP. The van der Waals surface area contributed by atoms with Crippen LogP contribution in [0.5, 0.6) is 0 Å². The molecule has 0 aliphatic carbocycles. The van der Waals surface area contributed by atoms with Crippen molar-refractivity contribution in [3.63, 3.8) is 0 Å². The van der Waals surface area contributed by atoms with Crippen LogP contribution in [0.15, 0.2) is 29.4 Å². The minimum Gasteiger partial charge on any atom is -0.368 e. The fraction of sp³-hybridized carbons (Fsp3) is 0. The Labute approximate surface area is 61.1 Å². The summed E-state index contributed by atoms with van der Waals surface area (Å²) in [4.78, 5) is 10.1. The molecule has 0 fully saturated rings. The van der Waals surface area contributed by atoms with Crippen LogP contribution in [-0.4, -0.2) is 0 Å². The minimum atomic E-state index is 0.428. The molecule has 0 aliphatic heterocycles. The Morgan fingerprint density at radius 2 is 2.10 bits per heavy atom. The van der Waals surface area contributed by atoms with Crippen LogP contribution in [-0.2, 0) is 0 Å². The maximum absolute atomic E-state index is 10.1. The summed E-state index contributed by atoms with van der Waals surface area (Å²) >= 11 is 0. The van der Waals surface area contributed by atoms with Crippen LogP contribution in [0.2, 0.25) is 0 Å². The predicted octanol–water partition coefficient (Wildman–Crippen LogP) is 2.29. The van der Waals surface area contributed by atoms with E-state index in [1.807, 2.05) is 6.07 Å². The summed E-state index contributed by atoms with van der Waals surface area (Å²) in [5.41, 5.74) is 1.15. The summed E-state index contributed by atoms with van der Waals surface area (Å²) in [6.07, 6.45) is 0. The van der Waals surface area contributed by atoms with Gasteiger partial charge in [0.15, 0.2) is 0 Å². The molecule has 0 bridgehead atoms. The zero-order chi connectivity index (χ0) is 7.40. The lowest BCUT2D eigenvalue weighted by molar-refractivity contribution is 1.50. The molecule has 0 aliphatic rings. The van der Waals surface area contributed by atoms with E-state index < -0.39 is 0 Å². The lowest BCUT2D eigenvalue weighted by Crippen LogP contribution is -1.77. The van der Waals surface area contributed by atoms with Gasteiger partial charge < -0.3 is 5.09 Å². The van der Waals surface area contributed by atoms with Crippen molar-refractivity contribution in [1.82, 2.24) is 0 Å². The van der Waals surface area contributed by atoms with E-state index in [1.54, 1.807) is 18.2 Å². The van der Waals surface area contributed by atoms with Crippen LogP contribution >= 0.6 is 9.39 Å². The average molecular weight is 154 g/mol. The Bertz CT molecular complexity index is 239. The normalized spacial score (nSPS) is 8.90. The molecule has 3 nitrogen and oxygen atoms in total. The summed E-state index contributed by atoms with van der Waals surface area (Å²) in [6, 6.07) is 7.03. The van der Waals surface area contributed by atoms with Gasteiger partial charge in [0.1, 0.15) is 5.69 Å². The van der Waals surface area contributed by atoms with Crippen molar-refractivity contribution in [1.29, 1.82) is 0 Å². The number of para-hydroxylation sites is 1. The molecule has 1 aromatic rings. The first-order valence-electron chi connectivity index (χ1n) is 2.77. The Morgan fingerprint density at radius 3 is 2.60 bits per heavy atom. The van der Waals surface area contributed by atoms with Crippen LogP contribution in [0.4, 0.5) is 11.4 Å². The molecule has 1 rings (SSSR count). The van der Waals surface area contributed by atoms with Crippen molar-refractivity contribution in [3.8, 4) is 0 Å². The molecule has 0 heterocycles. The lowest BCUT2D eigenvalue weighted by atomic mass is 10.3. The van der Waals surface area contributed by atoms with Gasteiger partial charge in [-0.1, -0.05) is 12.1 Å². The first-order valence-corrected chi connectivity index (χ1v) is 3.35. The summed E-state index contributed by atoms with van der Waals surface area (Å²) in [5.74, 6) is 0. The third-order valence-electron chi connectivity index (χ3n) is 1.16. The number of hydrogen-bond donors (Lipinski definition) is 1. The van der Waals surface area contributed by atoms with E-state index in [0.29, 0.717) is 5.69 Å². The van der Waals surface area contributed by atoms with Gasteiger partial charge in [-0.3, -0.25) is 0 Å². The van der Waals surface area contributed by atoms with Gasteiger partial charge in [0.05, 0.1) is 5.69 Å². The Hall–Kier alpha value is -0.950. The van der Waals surface area contributed by atoms with Gasteiger partial charge in [-0.2, -0.15) is 0 Å². The molecule has 0 radical (unpaired) electrons. The first kappa shape index (κ1) is 7.16. The molecule has 4 heteroatoms. The van der Waals surface area contributed by atoms with E-state index in [1.165, 1.54) is 0 Å². The lowest BCUT2D eigenvalue weighted by Gasteiger charge is -1.98. The number of hydrogen-bond acceptors (Lipinski definition) is 3. The van der Waals surface area contributed by atoms with Gasteiger partial charge in [-0.15, -0.1) is 4.91 Å². The predicted molar refractivity (Wildman–Crippen MR) is 45.2 cm³/mol. The number of nitrogens with zero attached hydrogens (tertiary/aromatic N) is 1. The van der Waals surface area contributed by atoms with Gasteiger partial charge in [0, 0.05) is 0 Å². The molecule has 52 valence electrons. The van der Waals surface area contributed by atoms with Gasteiger partial charge in [-0.05, 0) is 26.7 Å². The highest BCUT2D eigenvalue weighted by Gasteiger charge is 1.95. The van der Waals surface area contributed by atoms with Crippen molar-refractivity contribution in [2.75, 3.05) is 5.09 Å². The highest BCUT2D eigenvalue weighted by Crippen LogP contribution is 2.24. The van der Waals surface area contributed by atoms with E-state index in [2.05, 4.69) is 19.7 Å². The van der Waals surface area contributed by atoms with Crippen LogP contribution in [0, 0.1) is 4.91 Å². The standard InChI is InChI=1S/C6H7N2OP/c9-7-5-3-1-2-4-6(5)8-10/h1-4,8H,10H2. The quantitative estimate of drug-likeness (QED) is 0.524. The van der Waals surface area contributed by atoms with E-state index in [-0.39, 0.29) is 0 Å². The van der Waals surface area contributed by atoms with Gasteiger partial charge >= 0.3 is 0 Å². The molecule has 1 N–H and O–H groups in total. The van der Waals surface area contributed by atoms with E-state index >= 15 is 0 Å². The molecule has 0 aromatic heterocycles. The molecule has 0 saturated heterocycles. The van der Waals surface area contributed by atoms with E-state index in [4.69, 9.17) is 0 Å². The molecule has 10 heavy (non-hydrogen) atoms. The fourth-order valence-electron chi connectivity index (χ4n) is 0.675. The zero-order valence-corrected chi connectivity index (χ0v) is 6.40. The van der Waals surface area contributed by atoms with Crippen molar-refractivity contribution < 1.29 is 0 Å². The maximum Gasteiger partial charge on any atom is 0.131 e. The van der Waals surface area contributed by atoms with Crippen molar-refractivity contribution in [2.45, 2.75) is 0 Å². The maximum atomic E-state index is 10.1. The van der Waals surface area contributed by atoms with E-state index in [0.717, 1.165) is 5.69 Å². The second-order valence-electron chi connectivity index (χ2n) is 1.75. The number of nitrogens with one attached hydrogen (secondary N) is 1. The molecule has 1 atom stereocenters. The summed E-state index contributed by atoms with van der Waals surface area (Å²) < 4.78 is 0. The highest BCUT2D eigenvalue weighted by atomic mass is 31.0. The van der Waals surface area contributed by atoms with Crippen LogP contribution < -0.4 is 5.09 Å². The smallest absolute Gasteiger partial charge is 0.131 e. The highest BCUT2D eigenvalue weighted by molar-refractivity contribution is 7.18. The zero-order valence-electron chi connectivity index (χ0n) is 5.24. The minimum absolute atomic E-state index is 0.428. The topological polar surface area (TPSA) is 41.5 Å². The molecular weight excluding hydrogens is 147 g/mol. The van der Waals surface area contributed by atoms with Crippen molar-refractivity contribution in [3.05, 3.63) is 29.2 Å². The number of nitroso groups, excluding NO2 is 1. The monoisotopic (exact) mass is 154 g/mol. The van der Waals surface area contributed by atoms with E-state index in [9.17, 15) is 4.91 Å². The molecule has 0 spiro atoms. The van der Waals surface area contributed by atoms with Crippen LogP contribution in [0.25, 0.3) is 0 Å². The third-order valence-corrected chi connectivity index (χ3v) is 1.47. The van der Waals surface area contributed by atoms with Gasteiger partial charge in [-0.25, -0.2) is 0 Å². The second kappa shape index (κ2) is 3.28. The Balaban J connectivity index is 3.08. The largest absolute Gasteiger partial charge is 0.368 e. The van der Waals surface area contributed by atoms with Crippen LogP contribution in [0.3, 0.4) is 0 Å².